The van der Waals surface area contributed by atoms with Crippen LogP contribution in [0.4, 0.5) is 4.39 Å². The van der Waals surface area contributed by atoms with Crippen molar-refractivity contribution in [1.82, 2.24) is 9.78 Å². The molecule has 0 spiro atoms. The molecule has 0 radical (unpaired) electrons. The third kappa shape index (κ3) is 4.77. The molecule has 0 atom stereocenters. The lowest BCUT2D eigenvalue weighted by atomic mass is 10.1. The third-order valence-electron chi connectivity index (χ3n) is 5.62. The van der Waals surface area contributed by atoms with Crippen molar-refractivity contribution >= 4 is 11.6 Å². The zero-order valence-corrected chi connectivity index (χ0v) is 20.1. The van der Waals surface area contributed by atoms with E-state index in [0.29, 0.717) is 28.7 Å². The Bertz CT molecular complexity index is 1370. The summed E-state index contributed by atoms with van der Waals surface area (Å²) in [6.45, 7) is 4.84. The summed E-state index contributed by atoms with van der Waals surface area (Å²) in [6.07, 6.45) is 0. The fraction of sp³-hybridized carbons (Fsp3) is 0.222. The summed E-state index contributed by atoms with van der Waals surface area (Å²) in [5, 5.41) is 4.93. The SMILES string of the molecule is CCOc1c(F)c(-c2cccc(C)c2)nn1CCOc1ccc(-c2ccc3c(c2)OCO3)cc1Cl. The van der Waals surface area contributed by atoms with Crippen LogP contribution >= 0.6 is 11.6 Å². The molecule has 3 aromatic carbocycles. The van der Waals surface area contributed by atoms with Crippen LogP contribution in [0, 0.1) is 12.7 Å². The summed E-state index contributed by atoms with van der Waals surface area (Å²) in [5.74, 6) is 1.58. The second-order valence-corrected chi connectivity index (χ2v) is 8.46. The largest absolute Gasteiger partial charge is 0.490 e. The van der Waals surface area contributed by atoms with Gasteiger partial charge in [-0.25, -0.2) is 4.68 Å². The predicted molar refractivity (Wildman–Crippen MR) is 132 cm³/mol. The molecule has 0 fully saturated rings. The third-order valence-corrected chi connectivity index (χ3v) is 5.92. The van der Waals surface area contributed by atoms with Crippen LogP contribution in [0.15, 0.2) is 60.7 Å². The zero-order chi connectivity index (χ0) is 24.4. The maximum atomic E-state index is 15.1. The minimum atomic E-state index is -0.483. The first kappa shape index (κ1) is 23.1. The van der Waals surface area contributed by atoms with Crippen LogP contribution in [0.25, 0.3) is 22.4 Å². The molecule has 0 saturated heterocycles. The Kier molecular flexibility index (Phi) is 6.51. The second kappa shape index (κ2) is 9.88. The fourth-order valence-corrected chi connectivity index (χ4v) is 4.18. The van der Waals surface area contributed by atoms with E-state index in [4.69, 9.17) is 30.5 Å². The second-order valence-electron chi connectivity index (χ2n) is 8.06. The van der Waals surface area contributed by atoms with Crippen molar-refractivity contribution in [1.29, 1.82) is 0 Å². The maximum Gasteiger partial charge on any atom is 0.249 e. The molecule has 5 rings (SSSR count). The highest BCUT2D eigenvalue weighted by molar-refractivity contribution is 6.32. The van der Waals surface area contributed by atoms with Crippen molar-refractivity contribution in [2.24, 2.45) is 0 Å². The zero-order valence-electron chi connectivity index (χ0n) is 19.4. The standard InChI is InChI=1S/C27H24ClFN2O4/c1-3-32-27-25(29)26(20-6-4-5-17(2)13-20)30-31(27)11-12-33-22-9-7-18(14-21(22)28)19-8-10-23-24(15-19)35-16-34-23/h4-10,13-15H,3,11-12,16H2,1-2H3. The Morgan fingerprint density at radius 2 is 1.77 bits per heavy atom. The summed E-state index contributed by atoms with van der Waals surface area (Å²) in [7, 11) is 0. The number of aryl methyl sites for hydroxylation is 1. The van der Waals surface area contributed by atoms with Gasteiger partial charge in [0.2, 0.25) is 18.5 Å². The van der Waals surface area contributed by atoms with Crippen molar-refractivity contribution in [3.05, 3.63) is 77.1 Å². The lowest BCUT2D eigenvalue weighted by Crippen LogP contribution is -2.12. The van der Waals surface area contributed by atoms with E-state index in [-0.39, 0.29) is 31.5 Å². The number of halogens is 2. The van der Waals surface area contributed by atoms with Gasteiger partial charge >= 0.3 is 0 Å². The van der Waals surface area contributed by atoms with Crippen LogP contribution < -0.4 is 18.9 Å². The van der Waals surface area contributed by atoms with Gasteiger partial charge < -0.3 is 18.9 Å². The molecule has 0 N–H and O–H groups in total. The van der Waals surface area contributed by atoms with Gasteiger partial charge in [-0.15, -0.1) is 0 Å². The van der Waals surface area contributed by atoms with Crippen LogP contribution in [-0.2, 0) is 6.54 Å². The maximum absolute atomic E-state index is 15.1. The molecule has 8 heteroatoms. The Hall–Kier alpha value is -3.71. The van der Waals surface area contributed by atoms with E-state index < -0.39 is 5.82 Å². The molecule has 4 aromatic rings. The molecule has 0 unspecified atom stereocenters. The monoisotopic (exact) mass is 494 g/mol. The molecule has 35 heavy (non-hydrogen) atoms. The summed E-state index contributed by atoms with van der Waals surface area (Å²) < 4.78 is 38.9. The molecule has 0 bridgehead atoms. The first-order chi connectivity index (χ1) is 17.0. The van der Waals surface area contributed by atoms with E-state index in [2.05, 4.69) is 5.10 Å². The molecular formula is C27H24ClFN2O4. The van der Waals surface area contributed by atoms with Crippen molar-refractivity contribution < 1.29 is 23.3 Å². The first-order valence-electron chi connectivity index (χ1n) is 11.3. The van der Waals surface area contributed by atoms with E-state index >= 15 is 4.39 Å². The van der Waals surface area contributed by atoms with Gasteiger partial charge in [-0.2, -0.15) is 9.49 Å². The van der Waals surface area contributed by atoms with E-state index in [9.17, 15) is 0 Å². The van der Waals surface area contributed by atoms with Gasteiger partial charge in [0.1, 0.15) is 18.1 Å². The highest BCUT2D eigenvalue weighted by Gasteiger charge is 2.21. The van der Waals surface area contributed by atoms with E-state index in [0.717, 1.165) is 22.4 Å². The minimum absolute atomic E-state index is 0.0943. The topological polar surface area (TPSA) is 54.7 Å². The molecule has 0 saturated carbocycles. The van der Waals surface area contributed by atoms with Crippen molar-refractivity contribution in [3.8, 4) is 45.5 Å². The average molecular weight is 495 g/mol. The van der Waals surface area contributed by atoms with Crippen molar-refractivity contribution in [3.63, 3.8) is 0 Å². The van der Waals surface area contributed by atoms with Crippen molar-refractivity contribution in [2.45, 2.75) is 20.4 Å². The highest BCUT2D eigenvalue weighted by Crippen LogP contribution is 2.38. The Balaban J connectivity index is 1.30. The van der Waals surface area contributed by atoms with E-state index in [1.165, 1.54) is 4.68 Å². The van der Waals surface area contributed by atoms with Crippen LogP contribution in [-0.4, -0.2) is 29.8 Å². The van der Waals surface area contributed by atoms with Crippen molar-refractivity contribution in [2.75, 3.05) is 20.0 Å². The van der Waals surface area contributed by atoms with Crippen LogP contribution in [0.2, 0.25) is 5.02 Å². The molecule has 1 aromatic heterocycles. The summed E-state index contributed by atoms with van der Waals surface area (Å²) in [6, 6.07) is 18.9. The fourth-order valence-electron chi connectivity index (χ4n) is 3.94. The minimum Gasteiger partial charge on any atom is -0.490 e. The Morgan fingerprint density at radius 1 is 0.971 bits per heavy atom. The number of ether oxygens (including phenoxy) is 4. The average Bonchev–Trinajstić information content (AvgIpc) is 3.45. The summed E-state index contributed by atoms with van der Waals surface area (Å²) in [5.41, 5.74) is 3.86. The highest BCUT2D eigenvalue weighted by atomic mass is 35.5. The number of hydrogen-bond acceptors (Lipinski definition) is 5. The molecule has 1 aliphatic rings. The number of nitrogens with zero attached hydrogens (tertiary/aromatic N) is 2. The van der Waals surface area contributed by atoms with Crippen LogP contribution in [0.1, 0.15) is 12.5 Å². The number of benzene rings is 3. The number of aromatic nitrogens is 2. The number of hydrogen-bond donors (Lipinski definition) is 0. The smallest absolute Gasteiger partial charge is 0.249 e. The lowest BCUT2D eigenvalue weighted by Gasteiger charge is -2.11. The Morgan fingerprint density at radius 3 is 2.57 bits per heavy atom. The van der Waals surface area contributed by atoms with Gasteiger partial charge in [0, 0.05) is 5.56 Å². The molecule has 0 aliphatic carbocycles. The molecule has 180 valence electrons. The molecule has 6 nitrogen and oxygen atoms in total. The van der Waals surface area contributed by atoms with Crippen LogP contribution in [0.5, 0.6) is 23.1 Å². The van der Waals surface area contributed by atoms with Gasteiger partial charge in [-0.1, -0.05) is 47.5 Å². The summed E-state index contributed by atoms with van der Waals surface area (Å²) in [4.78, 5) is 0. The van der Waals surface area contributed by atoms with Crippen LogP contribution in [0.3, 0.4) is 0 Å². The quantitative estimate of drug-likeness (QED) is 0.279. The summed E-state index contributed by atoms with van der Waals surface area (Å²) >= 11 is 6.50. The molecule has 0 amide bonds. The van der Waals surface area contributed by atoms with Gasteiger partial charge in [0.15, 0.2) is 11.5 Å². The molecule has 1 aliphatic heterocycles. The number of fused-ring (bicyclic) bond motifs is 1. The van der Waals surface area contributed by atoms with Gasteiger partial charge in [0.25, 0.3) is 0 Å². The normalized spacial score (nSPS) is 12.1. The molecule has 2 heterocycles. The lowest BCUT2D eigenvalue weighted by molar-refractivity contribution is 0.174. The van der Waals surface area contributed by atoms with E-state index in [1.807, 2.05) is 67.6 Å². The predicted octanol–water partition coefficient (Wildman–Crippen LogP) is 6.52. The van der Waals surface area contributed by atoms with Gasteiger partial charge in [-0.3, -0.25) is 0 Å². The van der Waals surface area contributed by atoms with Gasteiger partial charge in [0.05, 0.1) is 18.2 Å². The Labute approximate surface area is 207 Å². The number of rotatable bonds is 8. The first-order valence-corrected chi connectivity index (χ1v) is 11.7. The van der Waals surface area contributed by atoms with Gasteiger partial charge in [-0.05, 0) is 55.3 Å². The molecular weight excluding hydrogens is 471 g/mol. The van der Waals surface area contributed by atoms with E-state index in [1.54, 1.807) is 6.92 Å².